The SMILES string of the molecule is COc1ccc2ccccc2c1CNCCCOC(C)C.O=C(O)C(=O)O. The highest BCUT2D eigenvalue weighted by Gasteiger charge is 2.07. The molecule has 0 heterocycles. The van der Waals surface area contributed by atoms with E-state index in [1.54, 1.807) is 7.11 Å². The minimum Gasteiger partial charge on any atom is -0.496 e. The molecule has 27 heavy (non-hydrogen) atoms. The number of carboxylic acids is 2. The molecule has 0 saturated carbocycles. The van der Waals surface area contributed by atoms with Gasteiger partial charge in [-0.3, -0.25) is 0 Å². The first-order valence-corrected chi connectivity index (χ1v) is 8.70. The molecular weight excluding hydrogens is 350 g/mol. The highest BCUT2D eigenvalue weighted by atomic mass is 16.5. The lowest BCUT2D eigenvalue weighted by Crippen LogP contribution is -2.18. The Morgan fingerprint density at radius 2 is 1.74 bits per heavy atom. The van der Waals surface area contributed by atoms with E-state index in [1.165, 1.54) is 16.3 Å². The van der Waals surface area contributed by atoms with Gasteiger partial charge >= 0.3 is 11.9 Å². The van der Waals surface area contributed by atoms with E-state index in [0.717, 1.165) is 31.9 Å². The molecule has 0 amide bonds. The number of hydrogen-bond donors (Lipinski definition) is 3. The highest BCUT2D eigenvalue weighted by Crippen LogP contribution is 2.27. The van der Waals surface area contributed by atoms with E-state index < -0.39 is 11.9 Å². The van der Waals surface area contributed by atoms with E-state index in [9.17, 15) is 0 Å². The molecule has 0 saturated heterocycles. The van der Waals surface area contributed by atoms with Crippen LogP contribution in [-0.4, -0.2) is 48.5 Å². The summed E-state index contributed by atoms with van der Waals surface area (Å²) in [5.74, 6) is -2.70. The minimum absolute atomic E-state index is 0.308. The van der Waals surface area contributed by atoms with Crippen molar-refractivity contribution in [1.29, 1.82) is 0 Å². The van der Waals surface area contributed by atoms with Crippen LogP contribution in [0.15, 0.2) is 36.4 Å². The van der Waals surface area contributed by atoms with Gasteiger partial charge in [-0.25, -0.2) is 9.59 Å². The minimum atomic E-state index is -1.82. The quantitative estimate of drug-likeness (QED) is 0.480. The van der Waals surface area contributed by atoms with Crippen LogP contribution in [0.2, 0.25) is 0 Å². The number of benzene rings is 2. The lowest BCUT2D eigenvalue weighted by atomic mass is 10.0. The fourth-order valence-electron chi connectivity index (χ4n) is 2.42. The van der Waals surface area contributed by atoms with Crippen LogP contribution in [0, 0.1) is 0 Å². The Bertz CT molecular complexity index is 732. The highest BCUT2D eigenvalue weighted by molar-refractivity contribution is 6.27. The van der Waals surface area contributed by atoms with Crippen molar-refractivity contribution in [2.24, 2.45) is 0 Å². The molecule has 2 rings (SSSR count). The molecule has 0 aromatic heterocycles. The van der Waals surface area contributed by atoms with Crippen molar-refractivity contribution in [3.63, 3.8) is 0 Å². The summed E-state index contributed by atoms with van der Waals surface area (Å²) in [6.45, 7) is 6.69. The zero-order valence-corrected chi connectivity index (χ0v) is 15.9. The van der Waals surface area contributed by atoms with Gasteiger partial charge in [-0.05, 0) is 43.7 Å². The second-order valence-corrected chi connectivity index (χ2v) is 6.03. The van der Waals surface area contributed by atoms with Gasteiger partial charge in [0, 0.05) is 18.7 Å². The van der Waals surface area contributed by atoms with E-state index in [1.807, 2.05) is 6.07 Å². The maximum absolute atomic E-state index is 9.10. The largest absolute Gasteiger partial charge is 0.496 e. The summed E-state index contributed by atoms with van der Waals surface area (Å²) >= 11 is 0. The van der Waals surface area contributed by atoms with Crippen LogP contribution in [0.4, 0.5) is 0 Å². The van der Waals surface area contributed by atoms with Gasteiger partial charge in [-0.2, -0.15) is 0 Å². The summed E-state index contributed by atoms with van der Waals surface area (Å²) < 4.78 is 11.0. The number of carbonyl (C=O) groups is 2. The standard InChI is InChI=1S/C18H25NO2.C2H2O4/c1-14(2)21-12-6-11-19-13-17-16-8-5-4-7-15(16)9-10-18(17)20-3;3-1(4)2(5)6/h4-5,7-10,14,19H,6,11-13H2,1-3H3;(H,3,4)(H,5,6). The van der Waals surface area contributed by atoms with E-state index in [-0.39, 0.29) is 0 Å². The number of nitrogens with one attached hydrogen (secondary N) is 1. The molecule has 2 aromatic carbocycles. The number of aliphatic carboxylic acids is 2. The first-order chi connectivity index (χ1) is 12.9. The van der Waals surface area contributed by atoms with Crippen molar-refractivity contribution in [1.82, 2.24) is 5.32 Å². The Morgan fingerprint density at radius 1 is 1.07 bits per heavy atom. The molecular formula is C20H27NO6. The average Bonchev–Trinajstić information content (AvgIpc) is 2.64. The molecule has 0 aliphatic rings. The molecule has 3 N–H and O–H groups in total. The molecule has 0 radical (unpaired) electrons. The Kier molecular flexibility index (Phi) is 9.85. The topological polar surface area (TPSA) is 105 Å². The number of hydrogen-bond acceptors (Lipinski definition) is 5. The van der Waals surface area contributed by atoms with Gasteiger partial charge in [0.25, 0.3) is 0 Å². The summed E-state index contributed by atoms with van der Waals surface area (Å²) in [6.07, 6.45) is 1.33. The third-order valence-corrected chi connectivity index (χ3v) is 3.65. The smallest absolute Gasteiger partial charge is 0.414 e. The summed E-state index contributed by atoms with van der Waals surface area (Å²) in [7, 11) is 1.73. The number of ether oxygens (including phenoxy) is 2. The molecule has 7 heteroatoms. The van der Waals surface area contributed by atoms with Gasteiger partial charge in [0.2, 0.25) is 0 Å². The van der Waals surface area contributed by atoms with Crippen molar-refractivity contribution in [3.05, 3.63) is 42.0 Å². The molecule has 0 aliphatic heterocycles. The number of rotatable bonds is 8. The maximum Gasteiger partial charge on any atom is 0.414 e. The third-order valence-electron chi connectivity index (χ3n) is 3.65. The molecule has 148 valence electrons. The maximum atomic E-state index is 9.10. The summed E-state index contributed by atoms with van der Waals surface area (Å²) in [5.41, 5.74) is 1.22. The van der Waals surface area contributed by atoms with Crippen molar-refractivity contribution in [3.8, 4) is 5.75 Å². The normalized spacial score (nSPS) is 10.4. The van der Waals surface area contributed by atoms with Gasteiger partial charge in [-0.1, -0.05) is 30.3 Å². The predicted octanol–water partition coefficient (Wildman–Crippen LogP) is 2.91. The van der Waals surface area contributed by atoms with Gasteiger partial charge in [0.1, 0.15) is 5.75 Å². The molecule has 0 unspecified atom stereocenters. The fourth-order valence-corrected chi connectivity index (χ4v) is 2.42. The molecule has 2 aromatic rings. The van der Waals surface area contributed by atoms with Crippen LogP contribution in [0.1, 0.15) is 25.8 Å². The van der Waals surface area contributed by atoms with Gasteiger partial charge in [0.15, 0.2) is 0 Å². The molecule has 0 bridgehead atoms. The Labute approximate surface area is 158 Å². The van der Waals surface area contributed by atoms with Crippen LogP contribution in [0.25, 0.3) is 10.8 Å². The first kappa shape index (κ1) is 22.4. The zero-order chi connectivity index (χ0) is 20.2. The molecule has 0 spiro atoms. The molecule has 0 aliphatic carbocycles. The van der Waals surface area contributed by atoms with Crippen LogP contribution >= 0.6 is 0 Å². The Hall–Kier alpha value is -2.64. The third kappa shape index (κ3) is 8.06. The number of carboxylic acid groups (broad SMARTS) is 2. The van der Waals surface area contributed by atoms with E-state index in [4.69, 9.17) is 29.3 Å². The van der Waals surface area contributed by atoms with E-state index >= 15 is 0 Å². The zero-order valence-electron chi connectivity index (χ0n) is 15.9. The van der Waals surface area contributed by atoms with Crippen molar-refractivity contribution < 1.29 is 29.3 Å². The lowest BCUT2D eigenvalue weighted by Gasteiger charge is -2.13. The van der Waals surface area contributed by atoms with Crippen LogP contribution < -0.4 is 10.1 Å². The fraction of sp³-hybridized carbons (Fsp3) is 0.400. The number of methoxy groups -OCH3 is 1. The molecule has 0 fully saturated rings. The lowest BCUT2D eigenvalue weighted by molar-refractivity contribution is -0.159. The second kappa shape index (κ2) is 11.9. The summed E-state index contributed by atoms with van der Waals surface area (Å²) in [5, 5.41) is 20.8. The van der Waals surface area contributed by atoms with Crippen LogP contribution in [0.5, 0.6) is 5.75 Å². The molecule has 7 nitrogen and oxygen atoms in total. The Balaban J connectivity index is 0.000000527. The van der Waals surface area contributed by atoms with Crippen LogP contribution in [-0.2, 0) is 20.9 Å². The van der Waals surface area contributed by atoms with Crippen molar-refractivity contribution >= 4 is 22.7 Å². The van der Waals surface area contributed by atoms with Gasteiger partial charge in [0.05, 0.1) is 13.2 Å². The first-order valence-electron chi connectivity index (χ1n) is 8.70. The number of fused-ring (bicyclic) bond motifs is 1. The monoisotopic (exact) mass is 377 g/mol. The van der Waals surface area contributed by atoms with Crippen molar-refractivity contribution in [2.75, 3.05) is 20.3 Å². The molecule has 0 atom stereocenters. The second-order valence-electron chi connectivity index (χ2n) is 6.03. The van der Waals surface area contributed by atoms with E-state index in [0.29, 0.717) is 6.10 Å². The predicted molar refractivity (Wildman–Crippen MR) is 103 cm³/mol. The average molecular weight is 377 g/mol. The van der Waals surface area contributed by atoms with Gasteiger partial charge in [-0.15, -0.1) is 0 Å². The van der Waals surface area contributed by atoms with E-state index in [2.05, 4.69) is 49.5 Å². The van der Waals surface area contributed by atoms with Crippen LogP contribution in [0.3, 0.4) is 0 Å². The van der Waals surface area contributed by atoms with Gasteiger partial charge < -0.3 is 25.0 Å². The van der Waals surface area contributed by atoms with Crippen molar-refractivity contribution in [2.45, 2.75) is 32.9 Å². The summed E-state index contributed by atoms with van der Waals surface area (Å²) in [4.78, 5) is 18.2. The Morgan fingerprint density at radius 3 is 2.33 bits per heavy atom. The summed E-state index contributed by atoms with van der Waals surface area (Å²) in [6, 6.07) is 12.6.